The second-order valence-corrected chi connectivity index (χ2v) is 25.9. The summed E-state index contributed by atoms with van der Waals surface area (Å²) in [5.74, 6) is -0.201. The number of likely N-dealkylation sites (N-methyl/N-ethyl adjacent to an activating group) is 1. The van der Waals surface area contributed by atoms with Crippen molar-refractivity contribution in [2.45, 2.75) is 353 Å². The largest absolute Gasteiger partial charge is 0.756 e. The van der Waals surface area contributed by atoms with E-state index in [1.165, 1.54) is 283 Å². The van der Waals surface area contributed by atoms with E-state index in [2.05, 4.69) is 43.5 Å². The summed E-state index contributed by atoms with van der Waals surface area (Å²) >= 11 is 0. The Morgan fingerprint density at radius 3 is 1.05 bits per heavy atom. The number of phosphoric ester groups is 1. The van der Waals surface area contributed by atoms with Crippen LogP contribution in [0.4, 0.5) is 0 Å². The molecule has 0 aromatic rings. The number of unbranched alkanes of at least 4 members (excludes halogenated alkanes) is 46. The molecule has 0 rings (SSSR count). The number of allylic oxidation sites excluding steroid dienone is 5. The number of carbonyl (C=O) groups is 1. The minimum absolute atomic E-state index is 0.00499. The van der Waals surface area contributed by atoms with Crippen molar-refractivity contribution in [1.82, 2.24) is 5.32 Å². The molecule has 0 aromatic carbocycles. The Labute approximate surface area is 480 Å². The molecule has 456 valence electrons. The van der Waals surface area contributed by atoms with Gasteiger partial charge < -0.3 is 28.8 Å². The third-order valence-corrected chi connectivity index (χ3v) is 16.5. The number of nitrogens with zero attached hydrogens (tertiary/aromatic N) is 1. The number of quaternary nitrogens is 1. The lowest BCUT2D eigenvalue weighted by Crippen LogP contribution is -2.45. The molecule has 0 spiro atoms. The second-order valence-electron chi connectivity index (χ2n) is 24.5. The first kappa shape index (κ1) is 75.7. The monoisotopic (exact) mass is 1100 g/mol. The van der Waals surface area contributed by atoms with Gasteiger partial charge in [0.1, 0.15) is 13.2 Å². The molecule has 0 saturated carbocycles. The van der Waals surface area contributed by atoms with Crippen molar-refractivity contribution in [3.8, 4) is 0 Å². The highest BCUT2D eigenvalue weighted by molar-refractivity contribution is 7.45. The Balaban J connectivity index is 4.10. The molecule has 0 radical (unpaired) electrons. The summed E-state index contributed by atoms with van der Waals surface area (Å²) in [5.41, 5.74) is 0. The summed E-state index contributed by atoms with van der Waals surface area (Å²) in [6.45, 7) is 4.68. The molecule has 8 nitrogen and oxygen atoms in total. The summed E-state index contributed by atoms with van der Waals surface area (Å²) in [6.07, 6.45) is 78.4. The predicted molar refractivity (Wildman–Crippen MR) is 335 cm³/mol. The number of amides is 1. The maximum Gasteiger partial charge on any atom is 0.268 e. The van der Waals surface area contributed by atoms with Gasteiger partial charge in [-0.1, -0.05) is 314 Å². The Hall–Kier alpha value is -1.28. The molecule has 0 aliphatic carbocycles. The first-order valence-electron chi connectivity index (χ1n) is 33.9. The molecule has 3 unspecified atom stereocenters. The molecule has 0 bridgehead atoms. The fourth-order valence-corrected chi connectivity index (χ4v) is 11.0. The highest BCUT2D eigenvalue weighted by atomic mass is 31.2. The van der Waals surface area contributed by atoms with Gasteiger partial charge in [-0.05, 0) is 57.8 Å². The van der Waals surface area contributed by atoms with E-state index in [4.69, 9.17) is 9.05 Å². The highest BCUT2D eigenvalue weighted by Gasteiger charge is 2.23. The van der Waals surface area contributed by atoms with Gasteiger partial charge in [0.05, 0.1) is 39.9 Å². The van der Waals surface area contributed by atoms with Crippen LogP contribution in [0.3, 0.4) is 0 Å². The van der Waals surface area contributed by atoms with Crippen LogP contribution < -0.4 is 10.2 Å². The van der Waals surface area contributed by atoms with E-state index in [9.17, 15) is 19.4 Å². The molecule has 0 fully saturated rings. The van der Waals surface area contributed by atoms with Crippen LogP contribution in [0.2, 0.25) is 0 Å². The van der Waals surface area contributed by atoms with Gasteiger partial charge in [0, 0.05) is 6.42 Å². The molecule has 77 heavy (non-hydrogen) atoms. The molecule has 0 aromatic heterocycles. The van der Waals surface area contributed by atoms with Crippen molar-refractivity contribution in [3.63, 3.8) is 0 Å². The normalized spacial score (nSPS) is 13.9. The SMILES string of the molecule is CCCCCCCCCCCCCC/C=C\CCCCCCCCCCCCCCCCC(=O)NC(COP(=O)([O-])OCC[N+](C)(C)C)C(O)/C=C/CC/C=C/CCCCCCCCCCCCCCCCCCCCC. The number of carbonyl (C=O) groups excluding carboxylic acids is 1. The van der Waals surface area contributed by atoms with Crippen molar-refractivity contribution < 1.29 is 32.9 Å². The lowest BCUT2D eigenvalue weighted by molar-refractivity contribution is -0.870. The van der Waals surface area contributed by atoms with Crippen LogP contribution in [-0.4, -0.2) is 68.5 Å². The third kappa shape index (κ3) is 62.2. The highest BCUT2D eigenvalue weighted by Crippen LogP contribution is 2.38. The number of phosphoric acid groups is 1. The average molecular weight is 1110 g/mol. The number of aliphatic hydroxyl groups is 1. The molecule has 0 aliphatic rings. The fourth-order valence-electron chi connectivity index (χ4n) is 10.3. The van der Waals surface area contributed by atoms with Crippen LogP contribution >= 0.6 is 7.82 Å². The van der Waals surface area contributed by atoms with E-state index < -0.39 is 20.0 Å². The van der Waals surface area contributed by atoms with Gasteiger partial charge in [0.15, 0.2) is 0 Å². The number of nitrogens with one attached hydrogen (secondary N) is 1. The summed E-state index contributed by atoms with van der Waals surface area (Å²) in [6, 6.07) is -0.904. The molecule has 0 aliphatic heterocycles. The van der Waals surface area contributed by atoms with E-state index in [1.807, 2.05) is 27.2 Å². The first-order valence-corrected chi connectivity index (χ1v) is 35.3. The average Bonchev–Trinajstić information content (AvgIpc) is 3.39. The molecular formula is C68H133N2O6P. The molecule has 2 N–H and O–H groups in total. The molecule has 0 saturated heterocycles. The maximum atomic E-state index is 13.0. The van der Waals surface area contributed by atoms with Crippen molar-refractivity contribution in [3.05, 3.63) is 36.5 Å². The number of hydrogen-bond donors (Lipinski definition) is 2. The summed E-state index contributed by atoms with van der Waals surface area (Å²) < 4.78 is 23.4. The molecular weight excluding hydrogens is 972 g/mol. The number of rotatable bonds is 63. The van der Waals surface area contributed by atoms with E-state index in [-0.39, 0.29) is 19.1 Å². The Bertz CT molecular complexity index is 1350. The van der Waals surface area contributed by atoms with Gasteiger partial charge >= 0.3 is 0 Å². The van der Waals surface area contributed by atoms with Gasteiger partial charge in [-0.15, -0.1) is 0 Å². The van der Waals surface area contributed by atoms with Gasteiger partial charge in [-0.2, -0.15) is 0 Å². The smallest absolute Gasteiger partial charge is 0.268 e. The zero-order valence-electron chi connectivity index (χ0n) is 52.2. The van der Waals surface area contributed by atoms with Crippen LogP contribution in [0.25, 0.3) is 0 Å². The first-order chi connectivity index (χ1) is 37.5. The van der Waals surface area contributed by atoms with Crippen molar-refractivity contribution in [1.29, 1.82) is 0 Å². The molecule has 3 atom stereocenters. The van der Waals surface area contributed by atoms with Crippen LogP contribution in [0.15, 0.2) is 36.5 Å². The van der Waals surface area contributed by atoms with Crippen molar-refractivity contribution in [2.75, 3.05) is 40.9 Å². The van der Waals surface area contributed by atoms with Gasteiger partial charge in [0.25, 0.3) is 7.82 Å². The van der Waals surface area contributed by atoms with Gasteiger partial charge in [-0.3, -0.25) is 9.36 Å². The topological polar surface area (TPSA) is 108 Å². The standard InChI is InChI=1S/C68H133N2O6P/c1-6-8-10-12-14-16-18-20-22-24-26-28-30-32-33-34-35-36-38-40-42-44-46-48-50-52-54-56-58-60-62-68(72)69-66(65-76-77(73,74)75-64-63-70(3,4)5)67(71)61-59-57-55-53-51-49-47-45-43-41-39-37-31-29-27-25-23-21-19-17-15-13-11-9-7-2/h32-33,51,53,59,61,66-67,71H,6-31,34-50,52,54-58,60,62-65H2,1-5H3,(H-,69,72,73,74)/b33-32-,53-51+,61-59+. The zero-order chi connectivity index (χ0) is 56.3. The maximum absolute atomic E-state index is 13.0. The van der Waals surface area contributed by atoms with E-state index in [0.29, 0.717) is 17.4 Å². The lowest BCUT2D eigenvalue weighted by atomic mass is 10.0. The van der Waals surface area contributed by atoms with Crippen LogP contribution in [0.1, 0.15) is 341 Å². The van der Waals surface area contributed by atoms with Crippen molar-refractivity contribution >= 4 is 13.7 Å². The molecule has 9 heteroatoms. The number of hydrogen-bond acceptors (Lipinski definition) is 6. The predicted octanol–water partition coefficient (Wildman–Crippen LogP) is 20.6. The Morgan fingerprint density at radius 2 is 0.727 bits per heavy atom. The second kappa shape index (κ2) is 59.3. The summed E-state index contributed by atoms with van der Waals surface area (Å²) in [4.78, 5) is 25.6. The zero-order valence-corrected chi connectivity index (χ0v) is 53.1. The van der Waals surface area contributed by atoms with E-state index in [1.54, 1.807) is 6.08 Å². The van der Waals surface area contributed by atoms with Crippen LogP contribution in [-0.2, 0) is 18.4 Å². The lowest BCUT2D eigenvalue weighted by Gasteiger charge is -2.29. The quantitative estimate of drug-likeness (QED) is 0.0272. The molecule has 1 amide bonds. The third-order valence-electron chi connectivity index (χ3n) is 15.6. The number of aliphatic hydroxyl groups excluding tert-OH is 1. The van der Waals surface area contributed by atoms with E-state index in [0.717, 1.165) is 38.5 Å². The van der Waals surface area contributed by atoms with Crippen LogP contribution in [0.5, 0.6) is 0 Å². The fraction of sp³-hybridized carbons (Fsp3) is 0.897. The Kier molecular flexibility index (Phi) is 58.4. The Morgan fingerprint density at radius 1 is 0.442 bits per heavy atom. The van der Waals surface area contributed by atoms with Gasteiger partial charge in [0.2, 0.25) is 5.91 Å². The van der Waals surface area contributed by atoms with Gasteiger partial charge in [-0.25, -0.2) is 0 Å². The van der Waals surface area contributed by atoms with Crippen molar-refractivity contribution in [2.24, 2.45) is 0 Å². The van der Waals surface area contributed by atoms with Crippen LogP contribution in [0, 0.1) is 0 Å². The minimum Gasteiger partial charge on any atom is -0.756 e. The molecule has 0 heterocycles. The summed E-state index contributed by atoms with van der Waals surface area (Å²) in [5, 5.41) is 13.9. The van der Waals surface area contributed by atoms with E-state index >= 15 is 0 Å². The summed E-state index contributed by atoms with van der Waals surface area (Å²) in [7, 11) is 1.26. The minimum atomic E-state index is -4.61.